The van der Waals surface area contributed by atoms with Crippen molar-refractivity contribution in [3.63, 3.8) is 0 Å². The minimum Gasteiger partial charge on any atom is -0.383 e. The van der Waals surface area contributed by atoms with Crippen molar-refractivity contribution in [2.24, 2.45) is 0 Å². The van der Waals surface area contributed by atoms with E-state index in [0.717, 1.165) is 4.31 Å². The minimum atomic E-state index is -3.70. The number of rotatable bonds is 7. The monoisotopic (exact) mass is 276 g/mol. The van der Waals surface area contributed by atoms with Gasteiger partial charge in [0.05, 0.1) is 19.3 Å². The number of aromatic amines is 1. The van der Waals surface area contributed by atoms with Gasteiger partial charge in [-0.2, -0.15) is 9.40 Å². The Morgan fingerprint density at radius 1 is 1.61 bits per heavy atom. The predicted molar refractivity (Wildman–Crippen MR) is 63.3 cm³/mol. The van der Waals surface area contributed by atoms with E-state index >= 15 is 0 Å². The molecule has 102 valence electrons. The number of hydrogen-bond donors (Lipinski definition) is 2. The first-order valence-corrected chi connectivity index (χ1v) is 6.64. The number of carbonyl (C=O) groups is 1. The Balaban J connectivity index is 2.55. The van der Waals surface area contributed by atoms with Crippen LogP contribution in [0.15, 0.2) is 17.3 Å². The van der Waals surface area contributed by atoms with Gasteiger partial charge >= 0.3 is 0 Å². The summed E-state index contributed by atoms with van der Waals surface area (Å²) in [4.78, 5) is 11.4. The van der Waals surface area contributed by atoms with Gasteiger partial charge in [0.1, 0.15) is 0 Å². The molecule has 0 aliphatic carbocycles. The van der Waals surface area contributed by atoms with E-state index in [0.29, 0.717) is 13.2 Å². The van der Waals surface area contributed by atoms with Crippen LogP contribution in [0.2, 0.25) is 0 Å². The summed E-state index contributed by atoms with van der Waals surface area (Å²) in [6, 6.07) is 1.33. The number of ether oxygens (including phenoxy) is 1. The van der Waals surface area contributed by atoms with Crippen molar-refractivity contribution in [3.8, 4) is 0 Å². The molecule has 0 aromatic carbocycles. The molecule has 1 heterocycles. The molecule has 1 aromatic heterocycles. The highest BCUT2D eigenvalue weighted by molar-refractivity contribution is 7.89. The van der Waals surface area contributed by atoms with Crippen LogP contribution in [-0.2, 0) is 19.6 Å². The molecule has 0 saturated carbocycles. The van der Waals surface area contributed by atoms with Crippen molar-refractivity contribution < 1.29 is 17.9 Å². The third kappa shape index (κ3) is 3.79. The van der Waals surface area contributed by atoms with Crippen molar-refractivity contribution in [1.82, 2.24) is 19.8 Å². The summed E-state index contributed by atoms with van der Waals surface area (Å²) in [7, 11) is -0.858. The number of carbonyl (C=O) groups excluding carboxylic acids is 1. The van der Waals surface area contributed by atoms with Gasteiger partial charge in [-0.05, 0) is 6.07 Å². The zero-order valence-electron chi connectivity index (χ0n) is 10.2. The standard InChI is InChI=1S/C9H16N4O4S/c1-13(7-8(14)10-5-6-17-2)18(15,16)9-3-4-11-12-9/h3-4H,5-7H2,1-2H3,(H,10,14)(H,11,12). The van der Waals surface area contributed by atoms with Crippen molar-refractivity contribution in [2.75, 3.05) is 33.9 Å². The van der Waals surface area contributed by atoms with Crippen LogP contribution < -0.4 is 5.32 Å². The lowest BCUT2D eigenvalue weighted by Gasteiger charge is -2.15. The molecule has 0 atom stereocenters. The summed E-state index contributed by atoms with van der Waals surface area (Å²) in [5.74, 6) is -0.391. The van der Waals surface area contributed by atoms with Crippen LogP contribution in [0.4, 0.5) is 0 Å². The predicted octanol–water partition coefficient (Wildman–Crippen LogP) is -1.21. The first-order chi connectivity index (χ1) is 8.48. The Labute approximate surface area is 105 Å². The summed E-state index contributed by atoms with van der Waals surface area (Å²) in [6.07, 6.45) is 1.33. The van der Waals surface area contributed by atoms with Gasteiger partial charge in [-0.25, -0.2) is 8.42 Å². The zero-order valence-corrected chi connectivity index (χ0v) is 11.0. The van der Waals surface area contributed by atoms with Crippen molar-refractivity contribution in [1.29, 1.82) is 0 Å². The van der Waals surface area contributed by atoms with Crippen LogP contribution in [0.3, 0.4) is 0 Å². The normalized spacial score (nSPS) is 11.7. The first-order valence-electron chi connectivity index (χ1n) is 5.20. The lowest BCUT2D eigenvalue weighted by atomic mass is 10.5. The van der Waals surface area contributed by atoms with Crippen LogP contribution >= 0.6 is 0 Å². The molecule has 0 saturated heterocycles. The van der Waals surface area contributed by atoms with E-state index in [-0.39, 0.29) is 11.6 Å². The Hall–Kier alpha value is -1.45. The molecule has 9 heteroatoms. The largest absolute Gasteiger partial charge is 0.383 e. The number of methoxy groups -OCH3 is 1. The second-order valence-electron chi connectivity index (χ2n) is 3.52. The minimum absolute atomic E-state index is 0.0466. The van der Waals surface area contributed by atoms with E-state index in [4.69, 9.17) is 4.74 Å². The first kappa shape index (κ1) is 14.6. The summed E-state index contributed by atoms with van der Waals surface area (Å²) < 4.78 is 29.5. The second-order valence-corrected chi connectivity index (χ2v) is 5.54. The number of nitrogens with zero attached hydrogens (tertiary/aromatic N) is 2. The fraction of sp³-hybridized carbons (Fsp3) is 0.556. The number of H-pyrrole nitrogens is 1. The fourth-order valence-corrected chi connectivity index (χ4v) is 2.21. The molecule has 8 nitrogen and oxygen atoms in total. The lowest BCUT2D eigenvalue weighted by molar-refractivity contribution is -0.121. The molecular formula is C9H16N4O4S. The van der Waals surface area contributed by atoms with Crippen LogP contribution in [0, 0.1) is 0 Å². The number of nitrogens with one attached hydrogen (secondary N) is 2. The summed E-state index contributed by atoms with van der Waals surface area (Å²) >= 11 is 0. The molecule has 0 bridgehead atoms. The third-order valence-electron chi connectivity index (χ3n) is 2.16. The van der Waals surface area contributed by atoms with Crippen LogP contribution in [0.1, 0.15) is 0 Å². The van der Waals surface area contributed by atoms with E-state index < -0.39 is 15.9 Å². The van der Waals surface area contributed by atoms with E-state index in [1.54, 1.807) is 0 Å². The average molecular weight is 276 g/mol. The highest BCUT2D eigenvalue weighted by Crippen LogP contribution is 2.09. The summed E-state index contributed by atoms with van der Waals surface area (Å²) in [5, 5.41) is 8.40. The maximum atomic E-state index is 11.9. The number of aromatic nitrogens is 2. The molecule has 0 radical (unpaired) electrons. The molecule has 0 aliphatic rings. The summed E-state index contributed by atoms with van der Waals surface area (Å²) in [6.45, 7) is 0.459. The Morgan fingerprint density at radius 2 is 2.33 bits per heavy atom. The highest BCUT2D eigenvalue weighted by atomic mass is 32.2. The maximum Gasteiger partial charge on any atom is 0.260 e. The topological polar surface area (TPSA) is 104 Å². The van der Waals surface area contributed by atoms with E-state index in [2.05, 4.69) is 15.5 Å². The van der Waals surface area contributed by atoms with Gasteiger partial charge < -0.3 is 10.1 Å². The van der Waals surface area contributed by atoms with Crippen molar-refractivity contribution >= 4 is 15.9 Å². The van der Waals surface area contributed by atoms with Crippen LogP contribution in [0.25, 0.3) is 0 Å². The highest BCUT2D eigenvalue weighted by Gasteiger charge is 2.23. The second kappa shape index (κ2) is 6.47. The Kier molecular flexibility index (Phi) is 5.25. The van der Waals surface area contributed by atoms with E-state index in [9.17, 15) is 13.2 Å². The van der Waals surface area contributed by atoms with Gasteiger partial charge in [0.2, 0.25) is 5.91 Å². The van der Waals surface area contributed by atoms with E-state index in [1.807, 2.05) is 0 Å². The number of amides is 1. The number of hydrogen-bond acceptors (Lipinski definition) is 5. The molecule has 0 aliphatic heterocycles. The molecule has 1 amide bonds. The maximum absolute atomic E-state index is 11.9. The van der Waals surface area contributed by atoms with Gasteiger partial charge in [0.15, 0.2) is 5.03 Å². The van der Waals surface area contributed by atoms with Crippen molar-refractivity contribution in [2.45, 2.75) is 5.03 Å². The SMILES string of the molecule is COCCNC(=O)CN(C)S(=O)(=O)c1ccn[nH]1. The van der Waals surface area contributed by atoms with Crippen molar-refractivity contribution in [3.05, 3.63) is 12.3 Å². The molecular weight excluding hydrogens is 260 g/mol. The quantitative estimate of drug-likeness (QED) is 0.608. The summed E-state index contributed by atoms with van der Waals surface area (Å²) in [5.41, 5.74) is 0. The zero-order chi connectivity index (χ0) is 13.6. The van der Waals surface area contributed by atoms with Gasteiger partial charge in [-0.1, -0.05) is 0 Å². The Bertz CT molecular complexity index is 471. The molecule has 0 spiro atoms. The van der Waals surface area contributed by atoms with Gasteiger partial charge in [0, 0.05) is 20.7 Å². The fourth-order valence-electron chi connectivity index (χ4n) is 1.19. The molecule has 2 N–H and O–H groups in total. The number of likely N-dealkylation sites (N-methyl/N-ethyl adjacent to an activating group) is 1. The molecule has 1 rings (SSSR count). The van der Waals surface area contributed by atoms with E-state index in [1.165, 1.54) is 26.4 Å². The number of sulfonamides is 1. The smallest absolute Gasteiger partial charge is 0.260 e. The van der Waals surface area contributed by atoms with Gasteiger partial charge in [0.25, 0.3) is 10.0 Å². The Morgan fingerprint density at radius 3 is 2.89 bits per heavy atom. The lowest BCUT2D eigenvalue weighted by Crippen LogP contribution is -2.39. The van der Waals surface area contributed by atoms with Gasteiger partial charge in [-0.3, -0.25) is 9.89 Å². The molecule has 0 unspecified atom stereocenters. The molecule has 0 fully saturated rings. The third-order valence-corrected chi connectivity index (χ3v) is 3.89. The molecule has 18 heavy (non-hydrogen) atoms. The average Bonchev–Trinajstić information content (AvgIpc) is 2.83. The van der Waals surface area contributed by atoms with Crippen LogP contribution in [0.5, 0.6) is 0 Å². The van der Waals surface area contributed by atoms with Crippen LogP contribution in [-0.4, -0.2) is 62.7 Å². The molecule has 1 aromatic rings. The van der Waals surface area contributed by atoms with Gasteiger partial charge in [-0.15, -0.1) is 0 Å².